The zero-order chi connectivity index (χ0) is 12.1. The molecule has 0 spiro atoms. The van der Waals surface area contributed by atoms with Gasteiger partial charge in [-0.15, -0.1) is 0 Å². The van der Waals surface area contributed by atoms with E-state index >= 15 is 0 Å². The van der Waals surface area contributed by atoms with Gasteiger partial charge in [0.25, 0.3) is 0 Å². The lowest BCUT2D eigenvalue weighted by Gasteiger charge is -2.29. The van der Waals surface area contributed by atoms with Crippen molar-refractivity contribution in [2.75, 3.05) is 6.61 Å². The monoisotopic (exact) mass is 238 g/mol. The highest BCUT2D eigenvalue weighted by molar-refractivity contribution is 5.02. The molecule has 96 valence electrons. The molecule has 4 heteroatoms. The van der Waals surface area contributed by atoms with E-state index in [0.29, 0.717) is 12.1 Å². The average molecular weight is 238 g/mol. The SMILES string of the molecule is CCCC1CC(NCc2cc(C)no2)CCO1. The molecular formula is C13H22N2O2. The van der Waals surface area contributed by atoms with Gasteiger partial charge >= 0.3 is 0 Å². The second kappa shape index (κ2) is 6.17. The Bertz CT molecular complexity index is 336. The molecule has 0 aliphatic carbocycles. The lowest BCUT2D eigenvalue weighted by Crippen LogP contribution is -2.38. The van der Waals surface area contributed by atoms with Crippen LogP contribution in [-0.4, -0.2) is 23.9 Å². The van der Waals surface area contributed by atoms with Gasteiger partial charge in [0.15, 0.2) is 5.76 Å². The average Bonchev–Trinajstić information content (AvgIpc) is 2.74. The maximum Gasteiger partial charge on any atom is 0.150 e. The summed E-state index contributed by atoms with van der Waals surface area (Å²) in [4.78, 5) is 0. The van der Waals surface area contributed by atoms with Gasteiger partial charge in [-0.1, -0.05) is 18.5 Å². The molecule has 0 bridgehead atoms. The highest BCUT2D eigenvalue weighted by Crippen LogP contribution is 2.18. The number of nitrogens with zero attached hydrogens (tertiary/aromatic N) is 1. The van der Waals surface area contributed by atoms with Crippen molar-refractivity contribution < 1.29 is 9.26 Å². The molecule has 1 N–H and O–H groups in total. The summed E-state index contributed by atoms with van der Waals surface area (Å²) in [6.07, 6.45) is 5.00. The third kappa shape index (κ3) is 3.82. The van der Waals surface area contributed by atoms with Gasteiger partial charge in [-0.25, -0.2) is 0 Å². The molecule has 1 aromatic rings. The van der Waals surface area contributed by atoms with Gasteiger partial charge in [-0.3, -0.25) is 0 Å². The van der Waals surface area contributed by atoms with E-state index in [0.717, 1.165) is 37.4 Å². The molecule has 2 heterocycles. The summed E-state index contributed by atoms with van der Waals surface area (Å²) in [5.74, 6) is 0.918. The van der Waals surface area contributed by atoms with Gasteiger partial charge in [-0.05, 0) is 26.2 Å². The van der Waals surface area contributed by atoms with Crippen LogP contribution in [0.1, 0.15) is 44.1 Å². The van der Waals surface area contributed by atoms with E-state index in [1.807, 2.05) is 13.0 Å². The van der Waals surface area contributed by atoms with E-state index < -0.39 is 0 Å². The normalized spacial score (nSPS) is 25.1. The highest BCUT2D eigenvalue weighted by atomic mass is 16.5. The van der Waals surface area contributed by atoms with Crippen molar-refractivity contribution in [3.63, 3.8) is 0 Å². The molecular weight excluding hydrogens is 216 g/mol. The summed E-state index contributed by atoms with van der Waals surface area (Å²) in [7, 11) is 0. The molecule has 0 radical (unpaired) electrons. The van der Waals surface area contributed by atoms with Crippen molar-refractivity contribution in [3.8, 4) is 0 Å². The molecule has 2 unspecified atom stereocenters. The summed E-state index contributed by atoms with van der Waals surface area (Å²) in [5, 5.41) is 7.41. The van der Waals surface area contributed by atoms with Crippen LogP contribution in [0.2, 0.25) is 0 Å². The van der Waals surface area contributed by atoms with E-state index in [-0.39, 0.29) is 0 Å². The number of hydrogen-bond donors (Lipinski definition) is 1. The van der Waals surface area contributed by atoms with E-state index in [9.17, 15) is 0 Å². The van der Waals surface area contributed by atoms with Crippen LogP contribution in [0, 0.1) is 6.92 Å². The second-order valence-electron chi connectivity index (χ2n) is 4.82. The Hall–Kier alpha value is -0.870. The van der Waals surface area contributed by atoms with E-state index in [2.05, 4.69) is 17.4 Å². The van der Waals surface area contributed by atoms with Crippen molar-refractivity contribution in [1.82, 2.24) is 10.5 Å². The Morgan fingerprint density at radius 3 is 3.12 bits per heavy atom. The number of aromatic nitrogens is 1. The van der Waals surface area contributed by atoms with Crippen LogP contribution in [0.3, 0.4) is 0 Å². The Balaban J connectivity index is 1.75. The Kier molecular flexibility index (Phi) is 4.57. The molecule has 1 aliphatic heterocycles. The van der Waals surface area contributed by atoms with Crippen LogP contribution in [0.5, 0.6) is 0 Å². The fourth-order valence-corrected chi connectivity index (χ4v) is 2.33. The van der Waals surface area contributed by atoms with Crippen LogP contribution in [0.25, 0.3) is 0 Å². The number of rotatable bonds is 5. The summed E-state index contributed by atoms with van der Waals surface area (Å²) in [6, 6.07) is 2.53. The first kappa shape index (κ1) is 12.6. The molecule has 0 amide bonds. The Morgan fingerprint density at radius 1 is 1.53 bits per heavy atom. The van der Waals surface area contributed by atoms with Gasteiger partial charge in [0.05, 0.1) is 18.3 Å². The van der Waals surface area contributed by atoms with Crippen LogP contribution in [0.4, 0.5) is 0 Å². The molecule has 4 nitrogen and oxygen atoms in total. The van der Waals surface area contributed by atoms with Crippen LogP contribution < -0.4 is 5.32 Å². The van der Waals surface area contributed by atoms with Gasteiger partial charge in [0.1, 0.15) is 0 Å². The molecule has 1 fully saturated rings. The molecule has 1 aromatic heterocycles. The first-order valence-corrected chi connectivity index (χ1v) is 6.55. The zero-order valence-corrected chi connectivity index (χ0v) is 10.7. The van der Waals surface area contributed by atoms with Crippen molar-refractivity contribution in [3.05, 3.63) is 17.5 Å². The van der Waals surface area contributed by atoms with Crippen molar-refractivity contribution >= 4 is 0 Å². The van der Waals surface area contributed by atoms with Crippen LogP contribution in [-0.2, 0) is 11.3 Å². The molecule has 1 saturated heterocycles. The second-order valence-corrected chi connectivity index (χ2v) is 4.82. The van der Waals surface area contributed by atoms with E-state index in [4.69, 9.17) is 9.26 Å². The third-order valence-electron chi connectivity index (χ3n) is 3.22. The Morgan fingerprint density at radius 2 is 2.41 bits per heavy atom. The van der Waals surface area contributed by atoms with E-state index in [1.165, 1.54) is 12.8 Å². The van der Waals surface area contributed by atoms with Crippen LogP contribution in [0.15, 0.2) is 10.6 Å². The third-order valence-corrected chi connectivity index (χ3v) is 3.22. The predicted molar refractivity (Wildman–Crippen MR) is 65.7 cm³/mol. The smallest absolute Gasteiger partial charge is 0.150 e. The number of aryl methyl sites for hydroxylation is 1. The maximum atomic E-state index is 5.73. The van der Waals surface area contributed by atoms with Gasteiger partial charge in [0.2, 0.25) is 0 Å². The largest absolute Gasteiger partial charge is 0.378 e. The summed E-state index contributed by atoms with van der Waals surface area (Å²) < 4.78 is 10.9. The first-order valence-electron chi connectivity index (χ1n) is 6.55. The van der Waals surface area contributed by atoms with Crippen molar-refractivity contribution in [1.29, 1.82) is 0 Å². The molecule has 2 rings (SSSR count). The van der Waals surface area contributed by atoms with Crippen molar-refractivity contribution in [2.45, 2.75) is 58.2 Å². The van der Waals surface area contributed by atoms with Crippen molar-refractivity contribution in [2.24, 2.45) is 0 Å². The Labute approximate surface area is 103 Å². The standard InChI is InChI=1S/C13H22N2O2/c1-3-4-12-8-11(5-6-16-12)14-9-13-7-10(2)15-17-13/h7,11-12,14H,3-6,8-9H2,1-2H3. The molecule has 1 aliphatic rings. The van der Waals surface area contributed by atoms with E-state index in [1.54, 1.807) is 0 Å². The van der Waals surface area contributed by atoms with Gasteiger partial charge < -0.3 is 14.6 Å². The summed E-state index contributed by atoms with van der Waals surface area (Å²) in [6.45, 7) is 5.79. The molecule has 0 aromatic carbocycles. The maximum absolute atomic E-state index is 5.73. The number of ether oxygens (including phenoxy) is 1. The minimum absolute atomic E-state index is 0.433. The lowest BCUT2D eigenvalue weighted by atomic mass is 10.00. The van der Waals surface area contributed by atoms with Crippen LogP contribution >= 0.6 is 0 Å². The minimum Gasteiger partial charge on any atom is -0.378 e. The lowest BCUT2D eigenvalue weighted by molar-refractivity contribution is -0.00374. The molecule has 17 heavy (non-hydrogen) atoms. The summed E-state index contributed by atoms with van der Waals surface area (Å²) in [5.41, 5.74) is 0.942. The number of hydrogen-bond acceptors (Lipinski definition) is 4. The number of nitrogens with one attached hydrogen (secondary N) is 1. The molecule has 2 atom stereocenters. The minimum atomic E-state index is 0.433. The fraction of sp³-hybridized carbons (Fsp3) is 0.769. The highest BCUT2D eigenvalue weighted by Gasteiger charge is 2.21. The molecule has 0 saturated carbocycles. The fourth-order valence-electron chi connectivity index (χ4n) is 2.33. The van der Waals surface area contributed by atoms with Gasteiger partial charge in [0, 0.05) is 18.7 Å². The topological polar surface area (TPSA) is 47.3 Å². The zero-order valence-electron chi connectivity index (χ0n) is 10.7. The predicted octanol–water partition coefficient (Wildman–Crippen LogP) is 2.42. The van der Waals surface area contributed by atoms with Gasteiger partial charge in [-0.2, -0.15) is 0 Å². The quantitative estimate of drug-likeness (QED) is 0.855. The first-order chi connectivity index (χ1) is 8.28. The summed E-state index contributed by atoms with van der Waals surface area (Å²) >= 11 is 0.